The summed E-state index contributed by atoms with van der Waals surface area (Å²) in [5.74, 6) is 0.730. The van der Waals surface area contributed by atoms with Crippen molar-refractivity contribution in [3.05, 3.63) is 180 Å². The number of hydrogen-bond acceptors (Lipinski definition) is 2. The molecular weight excluding hydrogens is 629 g/mol. The average Bonchev–Trinajstić information content (AvgIpc) is 3.57. The van der Waals surface area contributed by atoms with Crippen LogP contribution in [0.4, 0.5) is 0 Å². The maximum atomic E-state index is 5.25. The standard InChI is InChI=1S/C50H38N2/c1-49(2)40-18-8-5-13-37(40)45-35(16-11-20-42(45)49)31-23-27-33(28-24-31)47-39-15-7-10-22-44(39)51-48(52-47)34-29-25-32(26-30-34)36-17-12-21-43-46(36)38-14-6-9-19-41(38)50(43,3)4/h5-30H,1-4H3. The first-order chi connectivity index (χ1) is 25.3. The molecule has 52 heavy (non-hydrogen) atoms. The van der Waals surface area contributed by atoms with Gasteiger partial charge in [0.1, 0.15) is 0 Å². The summed E-state index contributed by atoms with van der Waals surface area (Å²) in [5.41, 5.74) is 19.8. The fourth-order valence-electron chi connectivity index (χ4n) is 9.02. The first-order valence-electron chi connectivity index (χ1n) is 18.3. The molecule has 0 fully saturated rings. The fraction of sp³-hybridized carbons (Fsp3) is 0.120. The van der Waals surface area contributed by atoms with Gasteiger partial charge in [-0.3, -0.25) is 0 Å². The summed E-state index contributed by atoms with van der Waals surface area (Å²) in [6.45, 7) is 9.34. The molecule has 2 aliphatic rings. The van der Waals surface area contributed by atoms with Crippen molar-refractivity contribution in [2.75, 3.05) is 0 Å². The van der Waals surface area contributed by atoms with Crippen LogP contribution in [0.15, 0.2) is 158 Å². The maximum absolute atomic E-state index is 5.25. The molecule has 2 nitrogen and oxygen atoms in total. The second kappa shape index (κ2) is 11.2. The SMILES string of the molecule is CC1(C)c2ccccc2-c2c(-c3ccc(-c4nc(-c5ccc(-c6cccc7c6-c6ccccc6C7(C)C)cc5)c5ccccc5n4)cc3)cccc21. The normalized spacial score (nSPS) is 14.5. The number of rotatable bonds is 4. The van der Waals surface area contributed by atoms with E-state index in [1.165, 1.54) is 66.8 Å². The zero-order chi connectivity index (χ0) is 35.2. The molecule has 248 valence electrons. The van der Waals surface area contributed by atoms with Crippen molar-refractivity contribution >= 4 is 10.9 Å². The molecule has 0 saturated heterocycles. The molecule has 1 aromatic heterocycles. The molecule has 0 atom stereocenters. The molecule has 0 N–H and O–H groups in total. The maximum Gasteiger partial charge on any atom is 0.160 e. The van der Waals surface area contributed by atoms with Crippen LogP contribution in [0.2, 0.25) is 0 Å². The van der Waals surface area contributed by atoms with E-state index in [0.717, 1.165) is 33.5 Å². The number of aromatic nitrogens is 2. The zero-order valence-electron chi connectivity index (χ0n) is 29.9. The molecule has 10 rings (SSSR count). The van der Waals surface area contributed by atoms with Gasteiger partial charge in [-0.05, 0) is 72.8 Å². The Balaban J connectivity index is 1.03. The lowest BCUT2D eigenvalue weighted by atomic mass is 9.82. The van der Waals surface area contributed by atoms with Crippen LogP contribution in [-0.2, 0) is 10.8 Å². The van der Waals surface area contributed by atoms with Gasteiger partial charge >= 0.3 is 0 Å². The van der Waals surface area contributed by atoms with Gasteiger partial charge in [0.25, 0.3) is 0 Å². The quantitative estimate of drug-likeness (QED) is 0.187. The summed E-state index contributed by atoms with van der Waals surface area (Å²) in [5, 5.41) is 1.05. The fourth-order valence-corrected chi connectivity index (χ4v) is 9.02. The Labute approximate surface area is 305 Å². The largest absolute Gasteiger partial charge is 0.228 e. The Hall–Kier alpha value is -6.12. The summed E-state index contributed by atoms with van der Waals surface area (Å²) >= 11 is 0. The monoisotopic (exact) mass is 666 g/mol. The van der Waals surface area contributed by atoms with Gasteiger partial charge < -0.3 is 0 Å². The lowest BCUT2D eigenvalue weighted by Gasteiger charge is -2.21. The minimum atomic E-state index is -0.0289. The van der Waals surface area contributed by atoms with Gasteiger partial charge in [0, 0.05) is 27.3 Å². The third kappa shape index (κ3) is 4.43. The number of benzene rings is 7. The Morgan fingerprint density at radius 2 is 0.769 bits per heavy atom. The summed E-state index contributed by atoms with van der Waals surface area (Å²) in [6, 6.07) is 57.3. The molecule has 0 spiro atoms. The molecule has 2 heteroatoms. The molecule has 0 bridgehead atoms. The third-order valence-electron chi connectivity index (χ3n) is 11.7. The van der Waals surface area contributed by atoms with Crippen LogP contribution in [0.25, 0.3) is 78.1 Å². The highest BCUT2D eigenvalue weighted by atomic mass is 14.9. The summed E-state index contributed by atoms with van der Waals surface area (Å²) in [4.78, 5) is 10.3. The van der Waals surface area contributed by atoms with Crippen LogP contribution < -0.4 is 0 Å². The minimum absolute atomic E-state index is 0.0280. The van der Waals surface area contributed by atoms with E-state index in [2.05, 4.69) is 185 Å². The summed E-state index contributed by atoms with van der Waals surface area (Å²) < 4.78 is 0. The third-order valence-corrected chi connectivity index (χ3v) is 11.7. The van der Waals surface area contributed by atoms with Gasteiger partial charge in [-0.25, -0.2) is 9.97 Å². The van der Waals surface area contributed by atoms with Gasteiger partial charge in [0.15, 0.2) is 5.82 Å². The first kappa shape index (κ1) is 30.7. The van der Waals surface area contributed by atoms with Crippen molar-refractivity contribution < 1.29 is 0 Å². The van der Waals surface area contributed by atoms with Crippen molar-refractivity contribution in [1.82, 2.24) is 9.97 Å². The highest BCUT2D eigenvalue weighted by Crippen LogP contribution is 2.53. The highest BCUT2D eigenvalue weighted by Gasteiger charge is 2.37. The second-order valence-corrected chi connectivity index (χ2v) is 15.4. The van der Waals surface area contributed by atoms with Crippen LogP contribution in [0.3, 0.4) is 0 Å². The Bertz CT molecular complexity index is 2710. The summed E-state index contributed by atoms with van der Waals surface area (Å²) in [7, 11) is 0. The van der Waals surface area contributed by atoms with Gasteiger partial charge in [-0.1, -0.05) is 179 Å². The topological polar surface area (TPSA) is 25.8 Å². The lowest BCUT2D eigenvalue weighted by Crippen LogP contribution is -2.14. The van der Waals surface area contributed by atoms with Crippen molar-refractivity contribution in [3.8, 4) is 67.2 Å². The predicted octanol–water partition coefficient (Wildman–Crippen LogP) is 12.9. The number of nitrogens with zero attached hydrogens (tertiary/aromatic N) is 2. The van der Waals surface area contributed by atoms with Crippen molar-refractivity contribution in [1.29, 1.82) is 0 Å². The smallest absolute Gasteiger partial charge is 0.160 e. The van der Waals surface area contributed by atoms with Crippen molar-refractivity contribution in [2.24, 2.45) is 0 Å². The number of fused-ring (bicyclic) bond motifs is 7. The molecule has 8 aromatic rings. The van der Waals surface area contributed by atoms with Crippen molar-refractivity contribution in [3.63, 3.8) is 0 Å². The van der Waals surface area contributed by atoms with E-state index in [-0.39, 0.29) is 10.8 Å². The Morgan fingerprint density at radius 3 is 1.33 bits per heavy atom. The Morgan fingerprint density at radius 1 is 0.346 bits per heavy atom. The molecule has 0 unspecified atom stereocenters. The van der Waals surface area contributed by atoms with Crippen LogP contribution in [-0.4, -0.2) is 9.97 Å². The second-order valence-electron chi connectivity index (χ2n) is 15.4. The summed E-state index contributed by atoms with van der Waals surface area (Å²) in [6.07, 6.45) is 0. The van der Waals surface area contributed by atoms with Crippen LogP contribution >= 0.6 is 0 Å². The Kier molecular flexibility index (Phi) is 6.60. The van der Waals surface area contributed by atoms with Gasteiger partial charge in [0.05, 0.1) is 11.2 Å². The van der Waals surface area contributed by atoms with Crippen LogP contribution in [0.1, 0.15) is 49.9 Å². The zero-order valence-corrected chi connectivity index (χ0v) is 29.9. The van der Waals surface area contributed by atoms with E-state index in [1.54, 1.807) is 0 Å². The molecular formula is C50H38N2. The van der Waals surface area contributed by atoms with Crippen LogP contribution in [0, 0.1) is 0 Å². The molecule has 0 radical (unpaired) electrons. The molecule has 0 saturated carbocycles. The lowest BCUT2D eigenvalue weighted by molar-refractivity contribution is 0.660. The number of para-hydroxylation sites is 1. The minimum Gasteiger partial charge on any atom is -0.228 e. The van der Waals surface area contributed by atoms with E-state index in [4.69, 9.17) is 9.97 Å². The molecule has 7 aromatic carbocycles. The van der Waals surface area contributed by atoms with E-state index in [0.29, 0.717) is 0 Å². The predicted molar refractivity (Wildman–Crippen MR) is 216 cm³/mol. The van der Waals surface area contributed by atoms with E-state index < -0.39 is 0 Å². The van der Waals surface area contributed by atoms with E-state index >= 15 is 0 Å². The van der Waals surface area contributed by atoms with E-state index in [1.807, 2.05) is 0 Å². The molecule has 2 aliphatic carbocycles. The number of hydrogen-bond donors (Lipinski definition) is 0. The van der Waals surface area contributed by atoms with Gasteiger partial charge in [-0.2, -0.15) is 0 Å². The molecule has 0 amide bonds. The first-order valence-corrected chi connectivity index (χ1v) is 18.3. The van der Waals surface area contributed by atoms with Gasteiger partial charge in [-0.15, -0.1) is 0 Å². The molecule has 0 aliphatic heterocycles. The van der Waals surface area contributed by atoms with Crippen LogP contribution in [0.5, 0.6) is 0 Å². The van der Waals surface area contributed by atoms with Crippen molar-refractivity contribution in [2.45, 2.75) is 38.5 Å². The average molecular weight is 667 g/mol. The highest BCUT2D eigenvalue weighted by molar-refractivity contribution is 5.96. The van der Waals surface area contributed by atoms with Gasteiger partial charge in [0.2, 0.25) is 0 Å². The van der Waals surface area contributed by atoms with E-state index in [9.17, 15) is 0 Å². The molecule has 1 heterocycles.